The number of rotatable bonds is 6. The summed E-state index contributed by atoms with van der Waals surface area (Å²) in [5, 5.41) is 0. The predicted molar refractivity (Wildman–Crippen MR) is 57.0 cm³/mol. The van der Waals surface area contributed by atoms with Gasteiger partial charge in [0.1, 0.15) is 6.10 Å². The van der Waals surface area contributed by atoms with Crippen molar-refractivity contribution in [3.8, 4) is 0 Å². The van der Waals surface area contributed by atoms with Crippen LogP contribution >= 0.6 is 0 Å². The molecule has 1 rings (SSSR count). The summed E-state index contributed by atoms with van der Waals surface area (Å²) < 4.78 is 5.13. The Morgan fingerprint density at radius 1 is 1.43 bits per heavy atom. The minimum atomic E-state index is -0.0131. The standard InChI is InChI=1S/C12H20O2/c1-2-3-4-5-6-7-8-11-9-10-12(13)14-11/h3-4,11H,2,5-10H2,1H3/b4-3-. The van der Waals surface area contributed by atoms with Crippen LogP contribution in [0.25, 0.3) is 0 Å². The van der Waals surface area contributed by atoms with Gasteiger partial charge >= 0.3 is 5.97 Å². The lowest BCUT2D eigenvalue weighted by Gasteiger charge is -2.07. The minimum Gasteiger partial charge on any atom is -0.462 e. The molecule has 0 bridgehead atoms. The molecule has 0 saturated carbocycles. The van der Waals surface area contributed by atoms with Crippen LogP contribution in [0.15, 0.2) is 12.2 Å². The Labute approximate surface area is 86.3 Å². The quantitative estimate of drug-likeness (QED) is 0.370. The number of hydrogen-bond donors (Lipinski definition) is 0. The Morgan fingerprint density at radius 3 is 2.93 bits per heavy atom. The maximum absolute atomic E-state index is 10.8. The molecule has 80 valence electrons. The van der Waals surface area contributed by atoms with Gasteiger partial charge < -0.3 is 4.74 Å². The van der Waals surface area contributed by atoms with Crippen LogP contribution in [0.5, 0.6) is 0 Å². The van der Waals surface area contributed by atoms with Crippen molar-refractivity contribution in [2.75, 3.05) is 0 Å². The third kappa shape index (κ3) is 4.45. The molecule has 0 radical (unpaired) electrons. The highest BCUT2D eigenvalue weighted by Crippen LogP contribution is 2.19. The molecule has 14 heavy (non-hydrogen) atoms. The first-order valence-electron chi connectivity index (χ1n) is 5.67. The van der Waals surface area contributed by atoms with E-state index >= 15 is 0 Å². The lowest BCUT2D eigenvalue weighted by molar-refractivity contribution is -0.141. The van der Waals surface area contributed by atoms with Crippen LogP contribution in [-0.4, -0.2) is 12.1 Å². The van der Waals surface area contributed by atoms with Crippen LogP contribution in [0.4, 0.5) is 0 Å². The van der Waals surface area contributed by atoms with Crippen LogP contribution in [0.3, 0.4) is 0 Å². The summed E-state index contributed by atoms with van der Waals surface area (Å²) in [6, 6.07) is 0. The Kier molecular flexibility index (Phi) is 5.35. The van der Waals surface area contributed by atoms with E-state index in [-0.39, 0.29) is 12.1 Å². The summed E-state index contributed by atoms with van der Waals surface area (Å²) in [4.78, 5) is 10.8. The number of hydrogen-bond acceptors (Lipinski definition) is 2. The zero-order valence-electron chi connectivity index (χ0n) is 9.00. The number of allylic oxidation sites excluding steroid dienone is 2. The number of cyclic esters (lactones) is 1. The van der Waals surface area contributed by atoms with Crippen molar-refractivity contribution in [3.63, 3.8) is 0 Å². The van der Waals surface area contributed by atoms with E-state index in [0.29, 0.717) is 6.42 Å². The van der Waals surface area contributed by atoms with Gasteiger partial charge in [0.2, 0.25) is 0 Å². The van der Waals surface area contributed by atoms with Crippen molar-refractivity contribution < 1.29 is 9.53 Å². The monoisotopic (exact) mass is 196 g/mol. The lowest BCUT2D eigenvalue weighted by atomic mass is 10.1. The number of carbonyl (C=O) groups excluding carboxylic acids is 1. The van der Waals surface area contributed by atoms with Gasteiger partial charge in [0.05, 0.1) is 0 Å². The first-order chi connectivity index (χ1) is 6.83. The van der Waals surface area contributed by atoms with Gasteiger partial charge in [-0.15, -0.1) is 0 Å². The zero-order chi connectivity index (χ0) is 10.2. The molecular weight excluding hydrogens is 176 g/mol. The van der Waals surface area contributed by atoms with E-state index in [0.717, 1.165) is 25.7 Å². The third-order valence-corrected chi connectivity index (χ3v) is 2.52. The van der Waals surface area contributed by atoms with Gasteiger partial charge in [0.25, 0.3) is 0 Å². The van der Waals surface area contributed by atoms with E-state index in [1.807, 2.05) is 0 Å². The Morgan fingerprint density at radius 2 is 2.29 bits per heavy atom. The van der Waals surface area contributed by atoms with Crippen molar-refractivity contribution >= 4 is 5.97 Å². The second-order valence-electron chi connectivity index (χ2n) is 3.81. The van der Waals surface area contributed by atoms with Gasteiger partial charge in [-0.1, -0.05) is 19.1 Å². The number of carbonyl (C=O) groups is 1. The zero-order valence-corrected chi connectivity index (χ0v) is 9.00. The lowest BCUT2D eigenvalue weighted by Crippen LogP contribution is -2.05. The molecule has 1 heterocycles. The topological polar surface area (TPSA) is 26.3 Å². The largest absolute Gasteiger partial charge is 0.462 e. The van der Waals surface area contributed by atoms with E-state index < -0.39 is 0 Å². The summed E-state index contributed by atoms with van der Waals surface area (Å²) in [5.41, 5.74) is 0. The number of ether oxygens (including phenoxy) is 1. The number of esters is 1. The highest BCUT2D eigenvalue weighted by molar-refractivity contribution is 5.71. The Bertz CT molecular complexity index is 196. The van der Waals surface area contributed by atoms with Gasteiger partial charge in [0, 0.05) is 6.42 Å². The van der Waals surface area contributed by atoms with Gasteiger partial charge in [-0.25, -0.2) is 0 Å². The molecule has 0 aliphatic carbocycles. The molecule has 2 heteroatoms. The van der Waals surface area contributed by atoms with Crippen LogP contribution in [0.2, 0.25) is 0 Å². The molecule has 2 nitrogen and oxygen atoms in total. The average molecular weight is 196 g/mol. The molecule has 0 aromatic heterocycles. The summed E-state index contributed by atoms with van der Waals surface area (Å²) in [7, 11) is 0. The average Bonchev–Trinajstić information content (AvgIpc) is 2.58. The summed E-state index contributed by atoms with van der Waals surface area (Å²) in [5.74, 6) is -0.0131. The third-order valence-electron chi connectivity index (χ3n) is 2.52. The fourth-order valence-electron chi connectivity index (χ4n) is 1.70. The predicted octanol–water partition coefficient (Wildman–Crippen LogP) is 3.22. The van der Waals surface area contributed by atoms with Gasteiger partial charge in [-0.05, 0) is 38.5 Å². The van der Waals surface area contributed by atoms with Crippen molar-refractivity contribution in [1.82, 2.24) is 0 Å². The van der Waals surface area contributed by atoms with Crippen LogP contribution in [0, 0.1) is 0 Å². The van der Waals surface area contributed by atoms with Gasteiger partial charge in [-0.3, -0.25) is 4.79 Å². The second kappa shape index (κ2) is 6.63. The van der Waals surface area contributed by atoms with E-state index in [1.165, 1.54) is 12.8 Å². The smallest absolute Gasteiger partial charge is 0.306 e. The summed E-state index contributed by atoms with van der Waals surface area (Å²) >= 11 is 0. The van der Waals surface area contributed by atoms with Gasteiger partial charge in [-0.2, -0.15) is 0 Å². The van der Waals surface area contributed by atoms with E-state index in [1.54, 1.807) is 0 Å². The molecule has 1 fully saturated rings. The molecule has 1 atom stereocenters. The maximum atomic E-state index is 10.8. The fraction of sp³-hybridized carbons (Fsp3) is 0.750. The molecule has 1 aliphatic heterocycles. The summed E-state index contributed by atoms with van der Waals surface area (Å²) in [6.45, 7) is 2.15. The molecule has 0 aromatic rings. The molecule has 1 unspecified atom stereocenters. The van der Waals surface area contributed by atoms with Crippen LogP contribution < -0.4 is 0 Å². The minimum absolute atomic E-state index is 0.0131. The SMILES string of the molecule is CC/C=C\CCCCC1CCC(=O)O1. The molecule has 0 aromatic carbocycles. The molecule has 1 saturated heterocycles. The van der Waals surface area contributed by atoms with Gasteiger partial charge in [0.15, 0.2) is 0 Å². The first kappa shape index (κ1) is 11.3. The van der Waals surface area contributed by atoms with E-state index in [2.05, 4.69) is 19.1 Å². The number of unbranched alkanes of at least 4 members (excludes halogenated alkanes) is 2. The highest BCUT2D eigenvalue weighted by atomic mass is 16.5. The van der Waals surface area contributed by atoms with Crippen LogP contribution in [-0.2, 0) is 9.53 Å². The van der Waals surface area contributed by atoms with Crippen LogP contribution in [0.1, 0.15) is 51.9 Å². The van der Waals surface area contributed by atoms with Crippen molar-refractivity contribution in [2.24, 2.45) is 0 Å². The van der Waals surface area contributed by atoms with Crippen molar-refractivity contribution in [1.29, 1.82) is 0 Å². The first-order valence-corrected chi connectivity index (χ1v) is 5.67. The normalized spacial score (nSPS) is 21.8. The second-order valence-corrected chi connectivity index (χ2v) is 3.81. The molecule has 1 aliphatic rings. The fourth-order valence-corrected chi connectivity index (χ4v) is 1.70. The van der Waals surface area contributed by atoms with Crippen molar-refractivity contribution in [2.45, 2.75) is 58.0 Å². The summed E-state index contributed by atoms with van der Waals surface area (Å²) in [6.07, 6.45) is 11.9. The Hall–Kier alpha value is -0.790. The maximum Gasteiger partial charge on any atom is 0.306 e. The van der Waals surface area contributed by atoms with E-state index in [4.69, 9.17) is 4.74 Å². The van der Waals surface area contributed by atoms with Crippen molar-refractivity contribution in [3.05, 3.63) is 12.2 Å². The molecular formula is C12H20O2. The Balaban J connectivity index is 1.94. The van der Waals surface area contributed by atoms with E-state index in [9.17, 15) is 4.79 Å². The molecule has 0 N–H and O–H groups in total. The molecule has 0 spiro atoms. The molecule has 0 amide bonds. The highest BCUT2D eigenvalue weighted by Gasteiger charge is 2.22.